The third-order valence-corrected chi connectivity index (χ3v) is 8.95. The van der Waals surface area contributed by atoms with Gasteiger partial charge in [-0.3, -0.25) is 0 Å². The number of rotatable bonds is 17. The molecule has 2 fully saturated rings. The first-order chi connectivity index (χ1) is 25.0. The molecule has 4 aromatic rings. The van der Waals surface area contributed by atoms with Gasteiger partial charge in [0.1, 0.15) is 48.8 Å². The zero-order valence-corrected chi connectivity index (χ0v) is 28.2. The van der Waals surface area contributed by atoms with Gasteiger partial charge in [-0.15, -0.1) is 0 Å². The van der Waals surface area contributed by atoms with Gasteiger partial charge in [-0.1, -0.05) is 121 Å². The molecule has 0 radical (unpaired) electrons. The van der Waals surface area contributed by atoms with Crippen molar-refractivity contribution in [3.8, 4) is 0 Å². The summed E-state index contributed by atoms with van der Waals surface area (Å²) >= 11 is 0. The van der Waals surface area contributed by atoms with E-state index >= 15 is 0 Å². The summed E-state index contributed by atoms with van der Waals surface area (Å²) in [5.74, 6) is 0. The number of benzene rings is 4. The van der Waals surface area contributed by atoms with Gasteiger partial charge in [0.2, 0.25) is 0 Å². The molecule has 0 aliphatic carbocycles. The zero-order chi connectivity index (χ0) is 35.4. The minimum Gasteiger partial charge on any atom is -0.394 e. The highest BCUT2D eigenvalue weighted by atomic mass is 16.7. The zero-order valence-electron chi connectivity index (χ0n) is 28.2. The molecule has 2 aliphatic heterocycles. The Balaban J connectivity index is 1.26. The number of aliphatic hydroxyl groups excluding tert-OH is 4. The molecule has 0 spiro atoms. The summed E-state index contributed by atoms with van der Waals surface area (Å²) in [5.41, 5.74) is 3.56. The SMILES string of the molecule is OC[C@@H](O)[C@@H]1O[C@H](O[C@@H]2[C@H](OCc3ccccc3)[C@@H](OCc3ccccc3)[C@H](O)O[C@@H]2COCc2ccccc2)[C@H](O)[C@H]1OCc1ccccc1. The van der Waals surface area contributed by atoms with E-state index in [1.807, 2.05) is 121 Å². The lowest BCUT2D eigenvalue weighted by Gasteiger charge is -2.45. The molecule has 11 nitrogen and oxygen atoms in total. The second kappa shape index (κ2) is 18.8. The van der Waals surface area contributed by atoms with Crippen LogP contribution in [0.4, 0.5) is 0 Å². The van der Waals surface area contributed by atoms with Crippen molar-refractivity contribution in [2.75, 3.05) is 13.2 Å². The molecular formula is C40H46O11. The van der Waals surface area contributed by atoms with Crippen LogP contribution in [0.2, 0.25) is 0 Å². The number of hydrogen-bond donors (Lipinski definition) is 4. The molecule has 272 valence electrons. The molecule has 4 N–H and O–H groups in total. The third-order valence-electron chi connectivity index (χ3n) is 8.95. The predicted octanol–water partition coefficient (Wildman–Crippen LogP) is 3.50. The van der Waals surface area contributed by atoms with E-state index in [-0.39, 0.29) is 33.0 Å². The first kappa shape index (κ1) is 37.2. The topological polar surface area (TPSA) is 146 Å². The fraction of sp³-hybridized carbons (Fsp3) is 0.400. The predicted molar refractivity (Wildman–Crippen MR) is 185 cm³/mol. The molecule has 2 saturated heterocycles. The van der Waals surface area contributed by atoms with Crippen molar-refractivity contribution < 1.29 is 53.6 Å². The Kier molecular flexibility index (Phi) is 13.7. The van der Waals surface area contributed by atoms with Gasteiger partial charge in [-0.2, -0.15) is 0 Å². The van der Waals surface area contributed by atoms with Crippen LogP contribution in [0, 0.1) is 0 Å². The van der Waals surface area contributed by atoms with Gasteiger partial charge in [0.15, 0.2) is 12.6 Å². The van der Waals surface area contributed by atoms with E-state index in [0.717, 1.165) is 22.3 Å². The van der Waals surface area contributed by atoms with Crippen molar-refractivity contribution in [2.24, 2.45) is 0 Å². The largest absolute Gasteiger partial charge is 0.394 e. The molecule has 2 heterocycles. The molecule has 0 bridgehead atoms. The fourth-order valence-electron chi connectivity index (χ4n) is 6.26. The van der Waals surface area contributed by atoms with E-state index in [1.165, 1.54) is 0 Å². The van der Waals surface area contributed by atoms with Crippen LogP contribution in [0.5, 0.6) is 0 Å². The lowest BCUT2D eigenvalue weighted by molar-refractivity contribution is -0.338. The average molecular weight is 703 g/mol. The van der Waals surface area contributed by atoms with Crippen LogP contribution in [0.25, 0.3) is 0 Å². The van der Waals surface area contributed by atoms with Crippen molar-refractivity contribution in [1.29, 1.82) is 0 Å². The molecule has 11 heteroatoms. The Morgan fingerprint density at radius 1 is 0.549 bits per heavy atom. The minimum atomic E-state index is -1.42. The maximum atomic E-state index is 11.6. The Morgan fingerprint density at radius 2 is 1.00 bits per heavy atom. The molecule has 51 heavy (non-hydrogen) atoms. The Bertz CT molecular complexity index is 1550. The van der Waals surface area contributed by atoms with Crippen LogP contribution >= 0.6 is 0 Å². The fourth-order valence-corrected chi connectivity index (χ4v) is 6.26. The summed E-state index contributed by atoms with van der Waals surface area (Å²) in [7, 11) is 0. The van der Waals surface area contributed by atoms with E-state index in [4.69, 9.17) is 33.2 Å². The molecule has 4 aromatic carbocycles. The number of aliphatic hydroxyl groups is 4. The average Bonchev–Trinajstić information content (AvgIpc) is 3.49. The smallest absolute Gasteiger partial charge is 0.187 e. The van der Waals surface area contributed by atoms with Crippen LogP contribution in [-0.4, -0.2) is 95.1 Å². The highest BCUT2D eigenvalue weighted by molar-refractivity contribution is 5.16. The molecule has 0 unspecified atom stereocenters. The van der Waals surface area contributed by atoms with Gasteiger partial charge < -0.3 is 53.6 Å². The van der Waals surface area contributed by atoms with Crippen molar-refractivity contribution in [3.05, 3.63) is 144 Å². The van der Waals surface area contributed by atoms with E-state index in [9.17, 15) is 20.4 Å². The molecule has 0 amide bonds. The molecule has 2 aliphatic rings. The van der Waals surface area contributed by atoms with Gasteiger partial charge in [-0.05, 0) is 22.3 Å². The molecular weight excluding hydrogens is 656 g/mol. The summed E-state index contributed by atoms with van der Waals surface area (Å²) in [6, 6.07) is 38.1. The first-order valence-corrected chi connectivity index (χ1v) is 17.2. The normalized spacial score (nSPS) is 28.4. The monoisotopic (exact) mass is 702 g/mol. The van der Waals surface area contributed by atoms with Crippen LogP contribution in [-0.2, 0) is 59.6 Å². The van der Waals surface area contributed by atoms with Gasteiger partial charge in [-0.25, -0.2) is 0 Å². The van der Waals surface area contributed by atoms with Crippen LogP contribution in [0.1, 0.15) is 22.3 Å². The minimum absolute atomic E-state index is 0.00727. The second-order valence-corrected chi connectivity index (χ2v) is 12.7. The van der Waals surface area contributed by atoms with Gasteiger partial charge in [0.05, 0.1) is 39.6 Å². The van der Waals surface area contributed by atoms with E-state index in [2.05, 4.69) is 0 Å². The molecule has 10 atom stereocenters. The Hall–Kier alpha value is -3.56. The Labute approximate surface area is 297 Å². The third kappa shape index (κ3) is 10.1. The summed E-state index contributed by atoms with van der Waals surface area (Å²) in [6.45, 7) is 0.0795. The van der Waals surface area contributed by atoms with E-state index in [0.29, 0.717) is 0 Å². The summed E-state index contributed by atoms with van der Waals surface area (Å²) in [4.78, 5) is 0. The second-order valence-electron chi connectivity index (χ2n) is 12.7. The lowest BCUT2D eigenvalue weighted by atomic mass is 9.97. The van der Waals surface area contributed by atoms with Crippen LogP contribution in [0.3, 0.4) is 0 Å². The van der Waals surface area contributed by atoms with Crippen molar-refractivity contribution in [1.82, 2.24) is 0 Å². The van der Waals surface area contributed by atoms with Gasteiger partial charge >= 0.3 is 0 Å². The highest BCUT2D eigenvalue weighted by Gasteiger charge is 2.54. The quantitative estimate of drug-likeness (QED) is 0.128. The maximum absolute atomic E-state index is 11.6. The van der Waals surface area contributed by atoms with Gasteiger partial charge in [0, 0.05) is 0 Å². The number of ether oxygens (including phenoxy) is 7. The Morgan fingerprint density at radius 3 is 1.49 bits per heavy atom. The lowest BCUT2D eigenvalue weighted by Crippen LogP contribution is -2.62. The van der Waals surface area contributed by atoms with Crippen molar-refractivity contribution in [2.45, 2.75) is 87.8 Å². The maximum Gasteiger partial charge on any atom is 0.187 e. The summed E-state index contributed by atoms with van der Waals surface area (Å²) < 4.78 is 43.7. The molecule has 0 aromatic heterocycles. The summed E-state index contributed by atoms with van der Waals surface area (Å²) in [5, 5.41) is 43.6. The standard InChI is InChI=1S/C40H46O11/c41-21-31(42)34-36(46-23-28-15-7-2-8-16-28)33(43)40(50-34)51-35-32(26-45-22-27-13-5-1-6-14-27)49-39(44)38(48-25-30-19-11-4-12-20-30)37(35)47-24-29-17-9-3-10-18-29/h1-20,31-44H,21-26H2/t31-,32-,33-,34+,35+,36-,37+,38-,39-,40-/m1/s1. The van der Waals surface area contributed by atoms with Crippen LogP contribution in [0.15, 0.2) is 121 Å². The van der Waals surface area contributed by atoms with E-state index in [1.54, 1.807) is 0 Å². The van der Waals surface area contributed by atoms with Gasteiger partial charge in [0.25, 0.3) is 0 Å². The van der Waals surface area contributed by atoms with E-state index < -0.39 is 68.0 Å². The van der Waals surface area contributed by atoms with Crippen molar-refractivity contribution >= 4 is 0 Å². The summed E-state index contributed by atoms with van der Waals surface area (Å²) in [6.07, 6.45) is -11.5. The van der Waals surface area contributed by atoms with Crippen LogP contribution < -0.4 is 0 Å². The number of hydrogen-bond acceptors (Lipinski definition) is 11. The van der Waals surface area contributed by atoms with Crippen molar-refractivity contribution in [3.63, 3.8) is 0 Å². The first-order valence-electron chi connectivity index (χ1n) is 17.2. The highest BCUT2D eigenvalue weighted by Crippen LogP contribution is 2.34. The molecule has 6 rings (SSSR count). The molecule has 0 saturated carbocycles.